The van der Waals surface area contributed by atoms with E-state index in [0.717, 1.165) is 19.2 Å². The molecule has 0 saturated heterocycles. The van der Waals surface area contributed by atoms with Gasteiger partial charge in [0.2, 0.25) is 0 Å². The quantitative estimate of drug-likeness (QED) is 0.288. The first-order chi connectivity index (χ1) is 9.86. The van der Waals surface area contributed by atoms with Crippen molar-refractivity contribution in [3.63, 3.8) is 0 Å². The molecule has 0 aliphatic carbocycles. The second-order valence-electron chi connectivity index (χ2n) is 4.58. The molecule has 0 radical (unpaired) electrons. The molecule has 1 aromatic rings. The predicted molar refractivity (Wildman–Crippen MR) is 72.5 cm³/mol. The second-order valence-corrected chi connectivity index (χ2v) is 4.58. The fraction of sp³-hybridized carbons (Fsp3) is 0.462. The third kappa shape index (κ3) is 3.68. The molecule has 1 atom stereocenters. The van der Waals surface area contributed by atoms with E-state index in [-0.39, 0.29) is 24.2 Å². The predicted octanol–water partition coefficient (Wildman–Crippen LogP) is 2.56. The third-order valence-corrected chi connectivity index (χ3v) is 3.13. The van der Waals surface area contributed by atoms with E-state index in [1.165, 1.54) is 13.8 Å². The number of nitrogens with one attached hydrogen (secondary N) is 1. The second kappa shape index (κ2) is 7.01. The van der Waals surface area contributed by atoms with Crippen molar-refractivity contribution in [1.82, 2.24) is 5.32 Å². The number of benzene rings is 1. The zero-order valence-electron chi connectivity index (χ0n) is 12.0. The average molecular weight is 298 g/mol. The fourth-order valence-corrected chi connectivity index (χ4v) is 1.91. The van der Waals surface area contributed by atoms with Gasteiger partial charge in [0.05, 0.1) is 7.11 Å². The Morgan fingerprint density at radius 3 is 2.71 bits per heavy atom. The molecule has 21 heavy (non-hydrogen) atoms. The minimum atomic E-state index is -1.58. The molecule has 0 heterocycles. The maximum atomic E-state index is 14.1. The Morgan fingerprint density at radius 1 is 1.48 bits per heavy atom. The first-order valence-electron chi connectivity index (χ1n) is 6.17. The number of azide groups is 1. The smallest absolute Gasteiger partial charge is 0.330 e. The number of hydrogen-bond donors (Lipinski definition) is 1. The molecule has 6 nitrogen and oxygen atoms in total. The number of aryl methyl sites for hydroxylation is 1. The number of ether oxygens (including phenoxy) is 1. The summed E-state index contributed by atoms with van der Waals surface area (Å²) in [6.45, 7) is 2.96. The first-order valence-corrected chi connectivity index (χ1v) is 6.17. The SMILES string of the molecule is COC(=O)C(C)(NCCN=[N+]=[N-])c1cc(F)c(C)cc1F. The van der Waals surface area contributed by atoms with Gasteiger partial charge >= 0.3 is 5.97 Å². The molecule has 1 aromatic carbocycles. The summed E-state index contributed by atoms with van der Waals surface area (Å²) in [6.07, 6.45) is 0. The molecule has 1 N–H and O–H groups in total. The van der Waals surface area contributed by atoms with Crippen LogP contribution < -0.4 is 5.32 Å². The van der Waals surface area contributed by atoms with Crippen LogP contribution in [0.1, 0.15) is 18.1 Å². The van der Waals surface area contributed by atoms with Crippen LogP contribution in [0.2, 0.25) is 0 Å². The van der Waals surface area contributed by atoms with E-state index >= 15 is 0 Å². The summed E-state index contributed by atoms with van der Waals surface area (Å²) in [4.78, 5) is 14.5. The summed E-state index contributed by atoms with van der Waals surface area (Å²) in [5, 5.41) is 6.05. The van der Waals surface area contributed by atoms with Gasteiger partial charge in [-0.05, 0) is 37.1 Å². The lowest BCUT2D eigenvalue weighted by atomic mass is 9.90. The van der Waals surface area contributed by atoms with Gasteiger partial charge < -0.3 is 4.74 Å². The monoisotopic (exact) mass is 298 g/mol. The molecular weight excluding hydrogens is 282 g/mol. The van der Waals surface area contributed by atoms with E-state index in [1.54, 1.807) is 0 Å². The highest BCUT2D eigenvalue weighted by molar-refractivity contribution is 5.82. The van der Waals surface area contributed by atoms with Crippen molar-refractivity contribution in [2.75, 3.05) is 20.2 Å². The maximum Gasteiger partial charge on any atom is 0.330 e. The highest BCUT2D eigenvalue weighted by Gasteiger charge is 2.38. The number of carbonyl (C=O) groups excluding carboxylic acids is 1. The van der Waals surface area contributed by atoms with E-state index in [0.29, 0.717) is 0 Å². The van der Waals surface area contributed by atoms with Gasteiger partial charge in [-0.2, -0.15) is 0 Å². The molecule has 0 spiro atoms. The van der Waals surface area contributed by atoms with Gasteiger partial charge in [0.1, 0.15) is 17.2 Å². The molecule has 0 aromatic heterocycles. The van der Waals surface area contributed by atoms with Gasteiger partial charge in [-0.3, -0.25) is 5.32 Å². The Labute approximate surface area is 120 Å². The van der Waals surface area contributed by atoms with Crippen molar-refractivity contribution in [3.05, 3.63) is 45.3 Å². The van der Waals surface area contributed by atoms with Crippen LogP contribution in [0.5, 0.6) is 0 Å². The molecule has 0 saturated carbocycles. The zero-order valence-corrected chi connectivity index (χ0v) is 12.0. The highest BCUT2D eigenvalue weighted by Crippen LogP contribution is 2.27. The standard InChI is InChI=1S/C13H16F2N4O2/c1-8-6-11(15)9(7-10(8)14)13(2,12(20)21-3)17-4-5-18-19-16/h6-7,17H,4-5H2,1-3H3. The highest BCUT2D eigenvalue weighted by atomic mass is 19.1. The number of carbonyl (C=O) groups is 1. The lowest BCUT2D eigenvalue weighted by Gasteiger charge is -2.29. The van der Waals surface area contributed by atoms with Crippen molar-refractivity contribution >= 4 is 5.97 Å². The molecule has 1 rings (SSSR count). The molecule has 0 bridgehead atoms. The van der Waals surface area contributed by atoms with Crippen molar-refractivity contribution < 1.29 is 18.3 Å². The summed E-state index contributed by atoms with van der Waals surface area (Å²) < 4.78 is 32.4. The van der Waals surface area contributed by atoms with Gasteiger partial charge in [-0.25, -0.2) is 13.6 Å². The Balaban J connectivity index is 3.21. The summed E-state index contributed by atoms with van der Waals surface area (Å²) in [5.41, 5.74) is 6.59. The molecule has 8 heteroatoms. The van der Waals surface area contributed by atoms with Gasteiger partial charge in [-0.1, -0.05) is 5.11 Å². The van der Waals surface area contributed by atoms with Crippen LogP contribution in [0.4, 0.5) is 8.78 Å². The van der Waals surface area contributed by atoms with Crippen LogP contribution in [-0.2, 0) is 15.1 Å². The molecule has 0 aliphatic rings. The van der Waals surface area contributed by atoms with Gasteiger partial charge in [0.15, 0.2) is 0 Å². The fourth-order valence-electron chi connectivity index (χ4n) is 1.91. The third-order valence-electron chi connectivity index (χ3n) is 3.13. The summed E-state index contributed by atoms with van der Waals surface area (Å²) >= 11 is 0. The normalized spacial score (nSPS) is 13.2. The molecule has 0 fully saturated rings. The summed E-state index contributed by atoms with van der Waals surface area (Å²) in [6, 6.07) is 1.98. The first kappa shape index (κ1) is 16.9. The number of esters is 1. The zero-order chi connectivity index (χ0) is 16.0. The van der Waals surface area contributed by atoms with Crippen molar-refractivity contribution in [2.45, 2.75) is 19.4 Å². The minimum absolute atomic E-state index is 0.0546. The minimum Gasteiger partial charge on any atom is -0.467 e. The topological polar surface area (TPSA) is 87.1 Å². The van der Waals surface area contributed by atoms with Gasteiger partial charge in [-0.15, -0.1) is 0 Å². The van der Waals surface area contributed by atoms with Crippen molar-refractivity contribution in [2.24, 2.45) is 5.11 Å². The van der Waals surface area contributed by atoms with E-state index < -0.39 is 23.1 Å². The van der Waals surface area contributed by atoms with E-state index in [4.69, 9.17) is 5.53 Å². The molecule has 114 valence electrons. The Hall–Kier alpha value is -2.18. The lowest BCUT2D eigenvalue weighted by Crippen LogP contribution is -2.49. The van der Waals surface area contributed by atoms with Gasteiger partial charge in [0, 0.05) is 23.6 Å². The Bertz CT molecular complexity index is 588. The van der Waals surface area contributed by atoms with Crippen LogP contribution in [0.25, 0.3) is 10.4 Å². The van der Waals surface area contributed by atoms with E-state index in [1.807, 2.05) is 0 Å². The van der Waals surface area contributed by atoms with Crippen LogP contribution in [-0.4, -0.2) is 26.2 Å². The summed E-state index contributed by atoms with van der Waals surface area (Å²) in [7, 11) is 1.15. The van der Waals surface area contributed by atoms with Crippen LogP contribution in [0, 0.1) is 18.6 Å². The van der Waals surface area contributed by atoms with E-state index in [2.05, 4.69) is 20.1 Å². The van der Waals surface area contributed by atoms with Crippen molar-refractivity contribution in [1.29, 1.82) is 0 Å². The van der Waals surface area contributed by atoms with Crippen LogP contribution in [0.15, 0.2) is 17.2 Å². The largest absolute Gasteiger partial charge is 0.467 e. The average Bonchev–Trinajstić information content (AvgIpc) is 2.46. The van der Waals surface area contributed by atoms with Crippen molar-refractivity contribution in [3.8, 4) is 0 Å². The maximum absolute atomic E-state index is 14.1. The number of halogens is 2. The number of nitrogens with zero attached hydrogens (tertiary/aromatic N) is 3. The van der Waals surface area contributed by atoms with E-state index in [9.17, 15) is 13.6 Å². The summed E-state index contributed by atoms with van der Waals surface area (Å²) in [5.74, 6) is -2.12. The molecular formula is C13H16F2N4O2. The van der Waals surface area contributed by atoms with Crippen LogP contribution >= 0.6 is 0 Å². The molecule has 1 unspecified atom stereocenters. The molecule has 0 amide bonds. The van der Waals surface area contributed by atoms with Gasteiger partial charge in [0.25, 0.3) is 0 Å². The Morgan fingerprint density at radius 2 is 2.14 bits per heavy atom. The number of methoxy groups -OCH3 is 1. The Kier molecular flexibility index (Phi) is 5.63. The number of rotatable bonds is 6. The molecule has 0 aliphatic heterocycles. The number of hydrogen-bond acceptors (Lipinski definition) is 4. The van der Waals surface area contributed by atoms with Crippen LogP contribution in [0.3, 0.4) is 0 Å². The lowest BCUT2D eigenvalue weighted by molar-refractivity contribution is -0.148.